The number of nitro benzene ring substituents is 1. The summed E-state index contributed by atoms with van der Waals surface area (Å²) in [6.45, 7) is -0.517. The Hall–Kier alpha value is -3.87. The van der Waals surface area contributed by atoms with Crippen molar-refractivity contribution in [2.24, 2.45) is 0 Å². The van der Waals surface area contributed by atoms with Gasteiger partial charge >= 0.3 is 17.8 Å². The number of carbonyl (C=O) groups is 3. The standard InChI is InChI=1S/C20H13F3N2O7S/c1-31-17(26)10-24-18(27)16(33-19(24)28)8-11-2-5-13(6-3-11)32-15-7-4-12(20(21,22)23)9-14(15)25(29)30/h2-9H,10H2,1H3/b16-8+. The maximum absolute atomic E-state index is 12.8. The van der Waals surface area contributed by atoms with Crippen LogP contribution >= 0.6 is 11.8 Å². The van der Waals surface area contributed by atoms with Gasteiger partial charge in [-0.2, -0.15) is 13.2 Å². The number of benzene rings is 2. The lowest BCUT2D eigenvalue weighted by atomic mass is 10.1. The zero-order valence-electron chi connectivity index (χ0n) is 16.6. The number of amides is 2. The quantitative estimate of drug-likeness (QED) is 0.254. The number of ether oxygens (including phenoxy) is 2. The number of rotatable bonds is 6. The number of nitro groups is 1. The molecule has 0 spiro atoms. The van der Waals surface area contributed by atoms with Crippen LogP contribution in [0.25, 0.3) is 6.08 Å². The third-order valence-corrected chi connectivity index (χ3v) is 5.18. The molecule has 0 unspecified atom stereocenters. The van der Waals surface area contributed by atoms with Gasteiger partial charge in [0.1, 0.15) is 12.3 Å². The lowest BCUT2D eigenvalue weighted by molar-refractivity contribution is -0.385. The molecular weight excluding hydrogens is 469 g/mol. The van der Waals surface area contributed by atoms with Crippen molar-refractivity contribution in [3.63, 3.8) is 0 Å². The van der Waals surface area contributed by atoms with Gasteiger partial charge < -0.3 is 9.47 Å². The Kier molecular flexibility index (Phi) is 6.72. The first-order valence-corrected chi connectivity index (χ1v) is 9.77. The number of thioether (sulfide) groups is 1. The van der Waals surface area contributed by atoms with E-state index in [1.807, 2.05) is 0 Å². The third kappa shape index (κ3) is 5.49. The molecule has 9 nitrogen and oxygen atoms in total. The van der Waals surface area contributed by atoms with Gasteiger partial charge in [0.15, 0.2) is 0 Å². The fourth-order valence-electron chi connectivity index (χ4n) is 2.66. The molecule has 0 aliphatic carbocycles. The molecular formula is C20H13F3N2O7S. The maximum Gasteiger partial charge on any atom is 0.416 e. The predicted octanol–water partition coefficient (Wildman–Crippen LogP) is 4.62. The molecule has 1 fully saturated rings. The minimum absolute atomic E-state index is 0.0657. The van der Waals surface area contributed by atoms with Crippen molar-refractivity contribution in [2.45, 2.75) is 6.18 Å². The summed E-state index contributed by atoms with van der Waals surface area (Å²) in [7, 11) is 1.13. The van der Waals surface area contributed by atoms with Gasteiger partial charge in [-0.25, -0.2) is 0 Å². The molecule has 2 aromatic rings. The second-order valence-corrected chi connectivity index (χ2v) is 7.45. The van der Waals surface area contributed by atoms with Crippen LogP contribution in [0.15, 0.2) is 47.4 Å². The van der Waals surface area contributed by atoms with Crippen molar-refractivity contribution in [2.75, 3.05) is 13.7 Å². The van der Waals surface area contributed by atoms with Crippen molar-refractivity contribution in [1.29, 1.82) is 0 Å². The topological polar surface area (TPSA) is 116 Å². The van der Waals surface area contributed by atoms with Gasteiger partial charge in [-0.3, -0.25) is 29.4 Å². The maximum atomic E-state index is 12.8. The van der Waals surface area contributed by atoms with E-state index in [2.05, 4.69) is 4.74 Å². The number of imide groups is 1. The Morgan fingerprint density at radius 3 is 2.42 bits per heavy atom. The zero-order valence-corrected chi connectivity index (χ0v) is 17.4. The van der Waals surface area contributed by atoms with E-state index in [9.17, 15) is 37.7 Å². The number of nitrogens with zero attached hydrogens (tertiary/aromatic N) is 2. The summed E-state index contributed by atoms with van der Waals surface area (Å²) in [5.74, 6) is -1.72. The first-order valence-electron chi connectivity index (χ1n) is 8.95. The van der Waals surface area contributed by atoms with Gasteiger partial charge in [-0.05, 0) is 47.7 Å². The second kappa shape index (κ2) is 9.32. The van der Waals surface area contributed by atoms with E-state index in [4.69, 9.17) is 4.74 Å². The molecule has 0 radical (unpaired) electrons. The monoisotopic (exact) mass is 482 g/mol. The molecule has 1 saturated heterocycles. The molecule has 172 valence electrons. The first-order chi connectivity index (χ1) is 15.5. The summed E-state index contributed by atoms with van der Waals surface area (Å²) in [5, 5.41) is 10.5. The average molecular weight is 482 g/mol. The molecule has 2 amide bonds. The molecule has 1 aliphatic rings. The van der Waals surface area contributed by atoms with E-state index >= 15 is 0 Å². The minimum atomic E-state index is -4.75. The minimum Gasteiger partial charge on any atom is -0.468 e. The van der Waals surface area contributed by atoms with Crippen LogP contribution in [0.1, 0.15) is 11.1 Å². The Balaban J connectivity index is 1.78. The average Bonchev–Trinajstić information content (AvgIpc) is 3.01. The Morgan fingerprint density at radius 1 is 1.18 bits per heavy atom. The summed E-state index contributed by atoms with van der Waals surface area (Å²) in [5.41, 5.74) is -1.57. The largest absolute Gasteiger partial charge is 0.468 e. The van der Waals surface area contributed by atoms with Gasteiger partial charge in [0.2, 0.25) is 5.75 Å². The van der Waals surface area contributed by atoms with E-state index in [1.165, 1.54) is 30.3 Å². The van der Waals surface area contributed by atoms with Crippen molar-refractivity contribution in [3.05, 3.63) is 68.6 Å². The van der Waals surface area contributed by atoms with Gasteiger partial charge in [-0.1, -0.05) is 12.1 Å². The summed E-state index contributed by atoms with van der Waals surface area (Å²) in [6.07, 6.45) is -3.35. The Morgan fingerprint density at radius 2 is 1.85 bits per heavy atom. The summed E-state index contributed by atoms with van der Waals surface area (Å²) >= 11 is 0.637. The fourth-order valence-corrected chi connectivity index (χ4v) is 3.50. The van der Waals surface area contributed by atoms with Crippen LogP contribution in [0.5, 0.6) is 11.5 Å². The third-order valence-electron chi connectivity index (χ3n) is 4.28. The zero-order chi connectivity index (χ0) is 24.3. The molecule has 1 heterocycles. The smallest absolute Gasteiger partial charge is 0.416 e. The van der Waals surface area contributed by atoms with Crippen LogP contribution in [0, 0.1) is 10.1 Å². The summed E-state index contributed by atoms with van der Waals surface area (Å²) in [6, 6.07) is 7.61. The normalized spacial score (nSPS) is 15.2. The molecule has 33 heavy (non-hydrogen) atoms. The number of alkyl halides is 3. The highest BCUT2D eigenvalue weighted by atomic mass is 32.2. The number of esters is 1. The molecule has 0 bridgehead atoms. The van der Waals surface area contributed by atoms with Crippen LogP contribution in [0.2, 0.25) is 0 Å². The highest BCUT2D eigenvalue weighted by molar-refractivity contribution is 8.18. The first kappa shape index (κ1) is 23.8. The number of halogens is 3. The van der Waals surface area contributed by atoms with Crippen LogP contribution < -0.4 is 4.74 Å². The van der Waals surface area contributed by atoms with Gasteiger partial charge in [0.05, 0.1) is 22.5 Å². The summed E-state index contributed by atoms with van der Waals surface area (Å²) < 4.78 is 48.3. The van der Waals surface area contributed by atoms with E-state index in [-0.39, 0.29) is 16.4 Å². The fraction of sp³-hybridized carbons (Fsp3) is 0.150. The van der Waals surface area contributed by atoms with Crippen LogP contribution in [-0.2, 0) is 20.5 Å². The lowest BCUT2D eigenvalue weighted by Crippen LogP contribution is -2.34. The van der Waals surface area contributed by atoms with Crippen LogP contribution in [0.4, 0.5) is 23.7 Å². The van der Waals surface area contributed by atoms with E-state index in [1.54, 1.807) is 0 Å². The highest BCUT2D eigenvalue weighted by Gasteiger charge is 2.36. The lowest BCUT2D eigenvalue weighted by Gasteiger charge is -2.10. The molecule has 2 aromatic carbocycles. The van der Waals surface area contributed by atoms with Gasteiger partial charge in [0, 0.05) is 6.07 Å². The van der Waals surface area contributed by atoms with Crippen LogP contribution in [0.3, 0.4) is 0 Å². The number of carbonyl (C=O) groups excluding carboxylic acids is 3. The SMILES string of the molecule is COC(=O)CN1C(=O)S/C(=C/c2ccc(Oc3ccc(C(F)(F)F)cc3[N+](=O)[O-])cc2)C1=O. The molecule has 0 atom stereocenters. The van der Waals surface area contributed by atoms with E-state index in [0.29, 0.717) is 29.5 Å². The van der Waals surface area contributed by atoms with Crippen molar-refractivity contribution < 1.29 is 42.0 Å². The van der Waals surface area contributed by atoms with Crippen molar-refractivity contribution >= 4 is 40.6 Å². The Labute approximate surface area is 187 Å². The second-order valence-electron chi connectivity index (χ2n) is 6.45. The van der Waals surface area contributed by atoms with Gasteiger partial charge in [-0.15, -0.1) is 0 Å². The molecule has 1 aliphatic heterocycles. The highest BCUT2D eigenvalue weighted by Crippen LogP contribution is 2.38. The van der Waals surface area contributed by atoms with Gasteiger partial charge in [0.25, 0.3) is 11.1 Å². The molecule has 0 saturated carbocycles. The number of methoxy groups -OCH3 is 1. The van der Waals surface area contributed by atoms with E-state index in [0.717, 1.165) is 18.1 Å². The number of hydrogen-bond donors (Lipinski definition) is 0. The molecule has 3 rings (SSSR count). The van der Waals surface area contributed by atoms with Crippen LogP contribution in [-0.4, -0.2) is 40.6 Å². The summed E-state index contributed by atoms with van der Waals surface area (Å²) in [4.78, 5) is 46.6. The predicted molar refractivity (Wildman–Crippen MR) is 109 cm³/mol. The Bertz CT molecular complexity index is 1160. The van der Waals surface area contributed by atoms with Crippen molar-refractivity contribution in [1.82, 2.24) is 4.90 Å². The molecule has 0 aromatic heterocycles. The van der Waals surface area contributed by atoms with Crippen molar-refractivity contribution in [3.8, 4) is 11.5 Å². The molecule has 13 heteroatoms. The number of hydrogen-bond acceptors (Lipinski definition) is 8. The molecule has 0 N–H and O–H groups in total. The van der Waals surface area contributed by atoms with E-state index < -0.39 is 46.0 Å².